The first-order valence-corrected chi connectivity index (χ1v) is 6.44. The van der Waals surface area contributed by atoms with E-state index in [0.29, 0.717) is 14.8 Å². The van der Waals surface area contributed by atoms with Gasteiger partial charge in [0.2, 0.25) is 0 Å². The Kier molecular flexibility index (Phi) is 4.03. The highest BCUT2D eigenvalue weighted by Crippen LogP contribution is 2.22. The number of phenolic OH excluding ortho intramolecular Hbond substituents is 1. The molecular weight excluding hydrogens is 367 g/mol. The zero-order valence-corrected chi connectivity index (χ0v) is 11.9. The molecule has 1 aromatic heterocycles. The number of rotatable bonds is 2. The number of phenols is 1. The number of nitrogens with zero attached hydrogens (tertiary/aromatic N) is 1. The standard InChI is InChI=1S/C12H8ClIN2O2/c13-11-9(2-1-5-15-11)16-12(18)7-3-4-8(14)10(17)6-7/h1-6,17H,(H,16,18). The molecule has 0 unspecified atom stereocenters. The van der Waals surface area contributed by atoms with Gasteiger partial charge >= 0.3 is 0 Å². The maximum Gasteiger partial charge on any atom is 0.255 e. The van der Waals surface area contributed by atoms with Gasteiger partial charge in [-0.25, -0.2) is 4.98 Å². The van der Waals surface area contributed by atoms with Gasteiger partial charge in [0.15, 0.2) is 5.15 Å². The van der Waals surface area contributed by atoms with E-state index >= 15 is 0 Å². The van der Waals surface area contributed by atoms with Gasteiger partial charge in [0.05, 0.1) is 9.26 Å². The summed E-state index contributed by atoms with van der Waals surface area (Å²) in [6.07, 6.45) is 1.54. The largest absolute Gasteiger partial charge is 0.507 e. The fourth-order valence-corrected chi connectivity index (χ4v) is 1.83. The van der Waals surface area contributed by atoms with Crippen LogP contribution in [0.4, 0.5) is 5.69 Å². The molecule has 2 N–H and O–H groups in total. The van der Waals surface area contributed by atoms with Crippen LogP contribution in [0.3, 0.4) is 0 Å². The maximum atomic E-state index is 11.9. The molecule has 0 aliphatic heterocycles. The molecule has 1 amide bonds. The number of aromatic hydroxyl groups is 1. The van der Waals surface area contributed by atoms with Gasteiger partial charge in [-0.3, -0.25) is 4.79 Å². The topological polar surface area (TPSA) is 62.2 Å². The molecule has 1 heterocycles. The molecule has 18 heavy (non-hydrogen) atoms. The number of carbonyl (C=O) groups excluding carboxylic acids is 1. The van der Waals surface area contributed by atoms with E-state index in [4.69, 9.17) is 11.6 Å². The molecule has 0 saturated heterocycles. The zero-order valence-electron chi connectivity index (χ0n) is 9.02. The molecule has 0 spiro atoms. The van der Waals surface area contributed by atoms with E-state index in [1.165, 1.54) is 12.3 Å². The van der Waals surface area contributed by atoms with Crippen LogP contribution in [0.2, 0.25) is 5.15 Å². The average molecular weight is 375 g/mol. The molecule has 1 aromatic carbocycles. The van der Waals surface area contributed by atoms with Crippen molar-refractivity contribution in [1.29, 1.82) is 0 Å². The second kappa shape index (κ2) is 5.53. The first-order chi connectivity index (χ1) is 8.58. The monoisotopic (exact) mass is 374 g/mol. The molecule has 0 saturated carbocycles. The van der Waals surface area contributed by atoms with Gasteiger partial charge in [0.1, 0.15) is 5.75 Å². The Morgan fingerprint density at radius 3 is 2.83 bits per heavy atom. The fraction of sp³-hybridized carbons (Fsp3) is 0. The van der Waals surface area contributed by atoms with E-state index in [2.05, 4.69) is 10.3 Å². The van der Waals surface area contributed by atoms with Crippen LogP contribution in [0.5, 0.6) is 5.75 Å². The van der Waals surface area contributed by atoms with Gasteiger partial charge in [-0.1, -0.05) is 11.6 Å². The Morgan fingerprint density at radius 2 is 2.17 bits per heavy atom. The quantitative estimate of drug-likeness (QED) is 0.626. The van der Waals surface area contributed by atoms with E-state index in [1.807, 2.05) is 22.6 Å². The Bertz CT molecular complexity index is 604. The van der Waals surface area contributed by atoms with Crippen LogP contribution in [0.15, 0.2) is 36.5 Å². The number of nitrogens with one attached hydrogen (secondary N) is 1. The highest BCUT2D eigenvalue weighted by Gasteiger charge is 2.10. The lowest BCUT2D eigenvalue weighted by atomic mass is 10.2. The Hall–Kier alpha value is -1.34. The molecule has 92 valence electrons. The van der Waals surface area contributed by atoms with Crippen molar-refractivity contribution in [2.75, 3.05) is 5.32 Å². The van der Waals surface area contributed by atoms with Crippen molar-refractivity contribution in [3.63, 3.8) is 0 Å². The number of pyridine rings is 1. The molecule has 0 bridgehead atoms. The SMILES string of the molecule is O=C(Nc1cccnc1Cl)c1ccc(I)c(O)c1. The molecule has 0 radical (unpaired) electrons. The molecule has 0 fully saturated rings. The first kappa shape index (κ1) is 13.1. The molecule has 2 rings (SSSR count). The average Bonchev–Trinajstić information content (AvgIpc) is 2.35. The van der Waals surface area contributed by atoms with Crippen molar-refractivity contribution in [3.05, 3.63) is 50.8 Å². The number of amides is 1. The van der Waals surface area contributed by atoms with Gasteiger partial charge in [-0.05, 0) is 52.9 Å². The predicted octanol–water partition coefficient (Wildman–Crippen LogP) is 3.30. The molecular formula is C12H8ClIN2O2. The lowest BCUT2D eigenvalue weighted by Gasteiger charge is -2.07. The van der Waals surface area contributed by atoms with Gasteiger partial charge in [0.25, 0.3) is 5.91 Å². The van der Waals surface area contributed by atoms with Gasteiger partial charge in [0, 0.05) is 11.8 Å². The zero-order chi connectivity index (χ0) is 13.1. The summed E-state index contributed by atoms with van der Waals surface area (Å²) in [7, 11) is 0. The van der Waals surface area contributed by atoms with Crippen molar-refractivity contribution in [3.8, 4) is 5.75 Å². The molecule has 4 nitrogen and oxygen atoms in total. The van der Waals surface area contributed by atoms with Crippen molar-refractivity contribution in [2.45, 2.75) is 0 Å². The molecule has 0 aliphatic rings. The Morgan fingerprint density at radius 1 is 1.39 bits per heavy atom. The highest BCUT2D eigenvalue weighted by molar-refractivity contribution is 14.1. The minimum Gasteiger partial charge on any atom is -0.507 e. The third-order valence-electron chi connectivity index (χ3n) is 2.22. The maximum absolute atomic E-state index is 11.9. The molecule has 0 aliphatic carbocycles. The summed E-state index contributed by atoms with van der Waals surface area (Å²) in [5, 5.41) is 12.4. The van der Waals surface area contributed by atoms with E-state index in [1.54, 1.807) is 24.3 Å². The molecule has 2 aromatic rings. The number of anilines is 1. The van der Waals surface area contributed by atoms with Crippen molar-refractivity contribution >= 4 is 45.8 Å². The van der Waals surface area contributed by atoms with Crippen LogP contribution in [-0.4, -0.2) is 16.0 Å². The normalized spacial score (nSPS) is 10.1. The number of hydrogen-bond acceptors (Lipinski definition) is 3. The number of halogens is 2. The number of carbonyl (C=O) groups is 1. The first-order valence-electron chi connectivity index (χ1n) is 4.98. The van der Waals surface area contributed by atoms with E-state index in [9.17, 15) is 9.90 Å². The van der Waals surface area contributed by atoms with Crippen LogP contribution < -0.4 is 5.32 Å². The summed E-state index contributed by atoms with van der Waals surface area (Å²) < 4.78 is 0.684. The second-order valence-corrected chi connectivity index (χ2v) is 4.98. The lowest BCUT2D eigenvalue weighted by molar-refractivity contribution is 0.102. The summed E-state index contributed by atoms with van der Waals surface area (Å²) in [4.78, 5) is 15.8. The van der Waals surface area contributed by atoms with Crippen LogP contribution in [0.1, 0.15) is 10.4 Å². The highest BCUT2D eigenvalue weighted by atomic mass is 127. The third kappa shape index (κ3) is 2.91. The third-order valence-corrected chi connectivity index (χ3v) is 3.43. The van der Waals surface area contributed by atoms with Crippen LogP contribution >= 0.6 is 34.2 Å². The number of aromatic nitrogens is 1. The number of hydrogen-bond donors (Lipinski definition) is 2. The summed E-state index contributed by atoms with van der Waals surface area (Å²) in [5.41, 5.74) is 0.787. The minimum absolute atomic E-state index is 0.0699. The predicted molar refractivity (Wildman–Crippen MR) is 78.0 cm³/mol. The molecule has 6 heteroatoms. The van der Waals surface area contributed by atoms with Crippen LogP contribution in [0, 0.1) is 3.57 Å². The van der Waals surface area contributed by atoms with Gasteiger partial charge < -0.3 is 10.4 Å². The summed E-state index contributed by atoms with van der Waals surface area (Å²) in [5.74, 6) is -0.280. The smallest absolute Gasteiger partial charge is 0.255 e. The summed E-state index contributed by atoms with van der Waals surface area (Å²) >= 11 is 7.82. The van der Waals surface area contributed by atoms with E-state index in [-0.39, 0.29) is 16.8 Å². The van der Waals surface area contributed by atoms with Gasteiger partial charge in [-0.15, -0.1) is 0 Å². The lowest BCUT2D eigenvalue weighted by Crippen LogP contribution is -2.12. The van der Waals surface area contributed by atoms with Crippen LogP contribution in [0.25, 0.3) is 0 Å². The van der Waals surface area contributed by atoms with Gasteiger partial charge in [-0.2, -0.15) is 0 Å². The van der Waals surface area contributed by atoms with E-state index in [0.717, 1.165) is 0 Å². The Labute approximate surface area is 122 Å². The summed E-state index contributed by atoms with van der Waals surface area (Å²) in [6, 6.07) is 8.02. The van der Waals surface area contributed by atoms with Crippen molar-refractivity contribution in [1.82, 2.24) is 4.98 Å². The number of benzene rings is 1. The fourth-order valence-electron chi connectivity index (χ4n) is 1.33. The van der Waals surface area contributed by atoms with Crippen molar-refractivity contribution < 1.29 is 9.90 Å². The summed E-state index contributed by atoms with van der Waals surface area (Å²) in [6.45, 7) is 0. The molecule has 0 atom stereocenters. The van der Waals surface area contributed by atoms with Crippen LogP contribution in [-0.2, 0) is 0 Å². The van der Waals surface area contributed by atoms with E-state index < -0.39 is 0 Å². The minimum atomic E-state index is -0.350. The Balaban J connectivity index is 2.22. The second-order valence-electron chi connectivity index (χ2n) is 3.46. The van der Waals surface area contributed by atoms with Crippen molar-refractivity contribution in [2.24, 2.45) is 0 Å².